The van der Waals surface area contributed by atoms with E-state index in [0.717, 1.165) is 19.3 Å². The van der Waals surface area contributed by atoms with E-state index in [1.807, 2.05) is 27.7 Å². The highest BCUT2D eigenvalue weighted by Gasteiger charge is 2.70. The number of hydrogen-bond acceptors (Lipinski definition) is 6. The molecular weight excluding hydrogens is 512 g/mol. The fourth-order valence-corrected chi connectivity index (χ4v) is 5.79. The highest BCUT2D eigenvalue weighted by Crippen LogP contribution is 2.65. The van der Waals surface area contributed by atoms with Crippen LogP contribution in [0.25, 0.3) is 0 Å². The van der Waals surface area contributed by atoms with Gasteiger partial charge in [-0.05, 0) is 68.6 Å². The van der Waals surface area contributed by atoms with Gasteiger partial charge in [0.05, 0.1) is 6.04 Å². The van der Waals surface area contributed by atoms with Crippen LogP contribution in [0.15, 0.2) is 0 Å². The van der Waals surface area contributed by atoms with Crippen LogP contribution in [-0.4, -0.2) is 71.3 Å². The summed E-state index contributed by atoms with van der Waals surface area (Å²) in [5.74, 6) is -1.64. The predicted octanol–water partition coefficient (Wildman–Crippen LogP) is 3.18. The molecule has 0 spiro atoms. The number of hydrogen-bond donors (Lipinski definition) is 3. The van der Waals surface area contributed by atoms with Crippen molar-refractivity contribution >= 4 is 29.6 Å². The molecular formula is C30H50N4O6. The molecule has 40 heavy (non-hydrogen) atoms. The Balaban J connectivity index is 1.80. The smallest absolute Gasteiger partial charge is 0.408 e. The van der Waals surface area contributed by atoms with Crippen LogP contribution in [0.2, 0.25) is 0 Å². The Morgan fingerprint density at radius 1 is 1.00 bits per heavy atom. The van der Waals surface area contributed by atoms with Gasteiger partial charge in [0.25, 0.3) is 5.91 Å². The van der Waals surface area contributed by atoms with Gasteiger partial charge in [-0.25, -0.2) is 4.79 Å². The van der Waals surface area contributed by atoms with Gasteiger partial charge in [0.1, 0.15) is 17.7 Å². The molecule has 2 saturated carbocycles. The molecule has 1 unspecified atom stereocenters. The number of rotatable bonds is 11. The van der Waals surface area contributed by atoms with Crippen LogP contribution in [0.5, 0.6) is 0 Å². The Kier molecular flexibility index (Phi) is 9.31. The lowest BCUT2D eigenvalue weighted by Crippen LogP contribution is -2.60. The third kappa shape index (κ3) is 7.55. The molecule has 3 fully saturated rings. The molecule has 0 aromatic heterocycles. The number of nitrogens with one attached hydrogen (secondary N) is 3. The van der Waals surface area contributed by atoms with Gasteiger partial charge in [-0.1, -0.05) is 54.4 Å². The first kappa shape index (κ1) is 31.9. The summed E-state index contributed by atoms with van der Waals surface area (Å²) >= 11 is 0. The van der Waals surface area contributed by atoms with Crippen LogP contribution < -0.4 is 16.0 Å². The van der Waals surface area contributed by atoms with Gasteiger partial charge < -0.3 is 25.6 Å². The molecule has 1 aliphatic heterocycles. The first-order chi connectivity index (χ1) is 18.4. The molecule has 5 atom stereocenters. The molecule has 10 heteroatoms. The summed E-state index contributed by atoms with van der Waals surface area (Å²) in [7, 11) is 0. The van der Waals surface area contributed by atoms with Gasteiger partial charge in [0, 0.05) is 13.1 Å². The second-order valence-corrected chi connectivity index (χ2v) is 14.6. The van der Waals surface area contributed by atoms with Crippen LogP contribution in [0, 0.1) is 28.6 Å². The number of amides is 4. The molecule has 3 N–H and O–H groups in total. The number of alkyl carbamates (subject to hydrolysis) is 1. The van der Waals surface area contributed by atoms with Crippen molar-refractivity contribution in [3.8, 4) is 0 Å². The van der Waals surface area contributed by atoms with Gasteiger partial charge in [0.15, 0.2) is 0 Å². The zero-order valence-corrected chi connectivity index (χ0v) is 25.8. The molecule has 0 aromatic rings. The Morgan fingerprint density at radius 3 is 2.15 bits per heavy atom. The van der Waals surface area contributed by atoms with Crippen LogP contribution in [0.4, 0.5) is 4.79 Å². The maximum Gasteiger partial charge on any atom is 0.408 e. The minimum Gasteiger partial charge on any atom is -0.444 e. The largest absolute Gasteiger partial charge is 0.444 e. The van der Waals surface area contributed by atoms with Gasteiger partial charge in [0.2, 0.25) is 17.6 Å². The molecule has 226 valence electrons. The third-order valence-corrected chi connectivity index (χ3v) is 8.49. The Morgan fingerprint density at radius 2 is 1.62 bits per heavy atom. The Labute approximate surface area is 239 Å². The Hall–Kier alpha value is -2.65. The average molecular weight is 563 g/mol. The number of fused-ring (bicyclic) bond motifs is 1. The summed E-state index contributed by atoms with van der Waals surface area (Å²) in [4.78, 5) is 67.7. The molecule has 0 aromatic carbocycles. The summed E-state index contributed by atoms with van der Waals surface area (Å²) in [6.07, 6.45) is 3.22. The summed E-state index contributed by atoms with van der Waals surface area (Å²) in [5, 5.41) is 8.30. The maximum atomic E-state index is 14.0. The second kappa shape index (κ2) is 11.7. The molecule has 10 nitrogen and oxygen atoms in total. The second-order valence-electron chi connectivity index (χ2n) is 14.6. The first-order valence-electron chi connectivity index (χ1n) is 14.8. The van der Waals surface area contributed by atoms with Crippen molar-refractivity contribution in [2.45, 2.75) is 118 Å². The topological polar surface area (TPSA) is 134 Å². The van der Waals surface area contributed by atoms with E-state index in [9.17, 15) is 24.0 Å². The number of ketones is 1. The van der Waals surface area contributed by atoms with Crippen molar-refractivity contribution in [2.75, 3.05) is 13.1 Å². The molecule has 4 amide bonds. The highest BCUT2D eigenvalue weighted by molar-refractivity contribution is 6.38. The average Bonchev–Trinajstić information content (AvgIpc) is 3.69. The van der Waals surface area contributed by atoms with E-state index in [1.54, 1.807) is 25.7 Å². The number of likely N-dealkylation sites (tertiary alicyclic amines) is 1. The lowest BCUT2D eigenvalue weighted by atomic mass is 9.85. The summed E-state index contributed by atoms with van der Waals surface area (Å²) < 4.78 is 5.42. The van der Waals surface area contributed by atoms with Crippen molar-refractivity contribution in [3.63, 3.8) is 0 Å². The lowest BCUT2D eigenvalue weighted by Gasteiger charge is -2.38. The molecule has 0 radical (unpaired) electrons. The normalized spacial score (nSPS) is 24.8. The number of carbonyl (C=O) groups excluding carboxylic acids is 5. The number of unbranched alkanes of at least 4 members (excludes halogenated alkanes) is 1. The third-order valence-electron chi connectivity index (χ3n) is 8.49. The predicted molar refractivity (Wildman–Crippen MR) is 151 cm³/mol. The molecule has 3 aliphatic rings. The molecule has 0 bridgehead atoms. The number of ether oxygens (including phenoxy) is 1. The minimum absolute atomic E-state index is 0.0794. The van der Waals surface area contributed by atoms with E-state index in [4.69, 9.17) is 4.74 Å². The summed E-state index contributed by atoms with van der Waals surface area (Å²) in [6.45, 7) is 17.8. The van der Waals surface area contributed by atoms with Crippen LogP contribution in [0.1, 0.15) is 94.4 Å². The lowest BCUT2D eigenvalue weighted by molar-refractivity contribution is -0.145. The standard InChI is InChI=1S/C30H50N4O6/c1-10-11-12-19(22(35)25(37)31-15-17-13-14-17)32-24(36)21-20-18(30(20,8)9)16-34(21)26(38)23(28(2,3)4)33-27(39)40-29(5,6)7/h17-21,23H,10-16H2,1-9H3,(H,31,37)(H,32,36)(H,33,39)/t18-,19?,20-,21-,23+/m0/s1. The number of carbonyl (C=O) groups is 5. The van der Waals surface area contributed by atoms with Crippen LogP contribution in [0.3, 0.4) is 0 Å². The maximum absolute atomic E-state index is 14.0. The van der Waals surface area contributed by atoms with Crippen molar-refractivity contribution in [1.82, 2.24) is 20.9 Å². The van der Waals surface area contributed by atoms with E-state index in [2.05, 4.69) is 29.8 Å². The first-order valence-corrected chi connectivity index (χ1v) is 14.8. The molecule has 2 aliphatic carbocycles. The van der Waals surface area contributed by atoms with E-state index in [-0.39, 0.29) is 23.2 Å². The van der Waals surface area contributed by atoms with E-state index in [0.29, 0.717) is 31.8 Å². The van der Waals surface area contributed by atoms with Gasteiger partial charge in [-0.2, -0.15) is 0 Å². The number of nitrogens with zero attached hydrogens (tertiary/aromatic N) is 1. The Bertz CT molecular complexity index is 1010. The number of Topliss-reactive ketones (excluding diaryl/α,β-unsaturated/α-hetero) is 1. The van der Waals surface area contributed by atoms with Crippen molar-refractivity contribution in [3.05, 3.63) is 0 Å². The quantitative estimate of drug-likeness (QED) is 0.331. The molecule has 3 rings (SSSR count). The van der Waals surface area contributed by atoms with E-state index in [1.165, 1.54) is 0 Å². The number of piperidine rings is 1. The van der Waals surface area contributed by atoms with E-state index >= 15 is 0 Å². The van der Waals surface area contributed by atoms with E-state index < -0.39 is 52.8 Å². The summed E-state index contributed by atoms with van der Waals surface area (Å²) in [5.41, 5.74) is -1.53. The van der Waals surface area contributed by atoms with Gasteiger partial charge in [-0.3, -0.25) is 19.2 Å². The van der Waals surface area contributed by atoms with Crippen molar-refractivity contribution in [1.29, 1.82) is 0 Å². The highest BCUT2D eigenvalue weighted by atomic mass is 16.6. The van der Waals surface area contributed by atoms with Crippen LogP contribution in [-0.2, 0) is 23.9 Å². The van der Waals surface area contributed by atoms with Crippen LogP contribution >= 0.6 is 0 Å². The monoisotopic (exact) mass is 562 g/mol. The molecule has 1 heterocycles. The van der Waals surface area contributed by atoms with Crippen molar-refractivity contribution < 1.29 is 28.7 Å². The SMILES string of the molecule is CCCCC(NC(=O)[C@@H]1[C@@H]2[C@H](CN1C(=O)[C@@H](NC(=O)OC(C)(C)C)C(C)(C)C)C2(C)C)C(=O)C(=O)NCC1CC1. The zero-order chi connectivity index (χ0) is 30.2. The zero-order valence-electron chi connectivity index (χ0n) is 25.8. The minimum atomic E-state index is -0.956. The van der Waals surface area contributed by atoms with Crippen molar-refractivity contribution in [2.24, 2.45) is 28.6 Å². The van der Waals surface area contributed by atoms with Gasteiger partial charge >= 0.3 is 6.09 Å². The fraction of sp³-hybridized carbons (Fsp3) is 0.833. The fourth-order valence-electron chi connectivity index (χ4n) is 5.79. The van der Waals surface area contributed by atoms with Gasteiger partial charge in [-0.15, -0.1) is 0 Å². The molecule has 1 saturated heterocycles. The summed E-state index contributed by atoms with van der Waals surface area (Å²) in [6, 6.07) is -2.68.